The summed E-state index contributed by atoms with van der Waals surface area (Å²) in [6, 6.07) is 22.5. The van der Waals surface area contributed by atoms with Crippen LogP contribution in [0.5, 0.6) is 0 Å². The molecule has 0 spiro atoms. The van der Waals surface area contributed by atoms with E-state index < -0.39 is 0 Å². The van der Waals surface area contributed by atoms with E-state index in [0.29, 0.717) is 5.69 Å². The maximum Gasteiger partial charge on any atom is 0.267 e. The van der Waals surface area contributed by atoms with Crippen molar-refractivity contribution in [2.45, 2.75) is 32.4 Å². The highest BCUT2D eigenvalue weighted by Gasteiger charge is 2.15. The Morgan fingerprint density at radius 1 is 1.00 bits per heavy atom. The molecule has 27 heavy (non-hydrogen) atoms. The zero-order valence-corrected chi connectivity index (χ0v) is 15.3. The summed E-state index contributed by atoms with van der Waals surface area (Å²) in [7, 11) is 0. The summed E-state index contributed by atoms with van der Waals surface area (Å²) in [5.74, 6) is -0.225. The quantitative estimate of drug-likeness (QED) is 0.700. The van der Waals surface area contributed by atoms with E-state index in [1.54, 1.807) is 6.07 Å². The number of carbonyl (C=O) groups excluding carboxylic acids is 1. The van der Waals surface area contributed by atoms with E-state index in [-0.39, 0.29) is 24.1 Å². The van der Waals surface area contributed by atoms with Crippen LogP contribution in [0, 0.1) is 0 Å². The third kappa shape index (κ3) is 4.91. The summed E-state index contributed by atoms with van der Waals surface area (Å²) in [4.78, 5) is 24.7. The summed E-state index contributed by atoms with van der Waals surface area (Å²) in [5, 5.41) is 7.38. The summed E-state index contributed by atoms with van der Waals surface area (Å²) in [6.07, 6.45) is 1.78. The smallest absolute Gasteiger partial charge is 0.267 e. The van der Waals surface area contributed by atoms with Crippen molar-refractivity contribution in [3.63, 3.8) is 0 Å². The van der Waals surface area contributed by atoms with Crippen LogP contribution in [-0.2, 0) is 11.3 Å². The second-order valence-electron chi connectivity index (χ2n) is 6.40. The minimum atomic E-state index is -0.295. The van der Waals surface area contributed by atoms with E-state index >= 15 is 0 Å². The van der Waals surface area contributed by atoms with Gasteiger partial charge in [-0.25, -0.2) is 4.68 Å². The molecule has 1 amide bonds. The number of hydrogen-bond donors (Lipinski definition) is 1. The van der Waals surface area contributed by atoms with Gasteiger partial charge in [0.15, 0.2) is 0 Å². The van der Waals surface area contributed by atoms with Crippen molar-refractivity contribution in [2.75, 3.05) is 0 Å². The number of nitrogens with one attached hydrogen (secondary N) is 1. The van der Waals surface area contributed by atoms with Gasteiger partial charge in [-0.1, -0.05) is 74.0 Å². The zero-order chi connectivity index (χ0) is 19.1. The van der Waals surface area contributed by atoms with Crippen molar-refractivity contribution in [1.29, 1.82) is 0 Å². The summed E-state index contributed by atoms with van der Waals surface area (Å²) < 4.78 is 1.21. The Labute approximate surface area is 158 Å². The average Bonchev–Trinajstić information content (AvgIpc) is 2.70. The molecule has 0 bridgehead atoms. The van der Waals surface area contributed by atoms with Crippen LogP contribution in [-0.4, -0.2) is 15.7 Å². The SMILES string of the molecule is CCC[C@H](NC(=O)Cn1nc(-c2ccccc2)ccc1=O)c1ccccc1. The summed E-state index contributed by atoms with van der Waals surface area (Å²) in [5.41, 5.74) is 2.33. The van der Waals surface area contributed by atoms with Crippen LogP contribution < -0.4 is 10.9 Å². The predicted octanol–water partition coefficient (Wildman–Crippen LogP) is 3.57. The van der Waals surface area contributed by atoms with Crippen molar-refractivity contribution >= 4 is 5.91 Å². The molecule has 5 heteroatoms. The first kappa shape index (κ1) is 18.6. The molecule has 3 aromatic rings. The van der Waals surface area contributed by atoms with Gasteiger partial charge >= 0.3 is 0 Å². The maximum atomic E-state index is 12.6. The predicted molar refractivity (Wildman–Crippen MR) is 106 cm³/mol. The van der Waals surface area contributed by atoms with Gasteiger partial charge in [-0.05, 0) is 18.1 Å². The minimum absolute atomic E-state index is 0.0725. The molecule has 3 rings (SSSR count). The van der Waals surface area contributed by atoms with Crippen molar-refractivity contribution in [2.24, 2.45) is 0 Å². The molecule has 0 fully saturated rings. The highest BCUT2D eigenvalue weighted by Crippen LogP contribution is 2.18. The number of benzene rings is 2. The van der Waals surface area contributed by atoms with Crippen molar-refractivity contribution in [3.8, 4) is 11.3 Å². The lowest BCUT2D eigenvalue weighted by Crippen LogP contribution is -2.35. The van der Waals surface area contributed by atoms with Gasteiger partial charge < -0.3 is 5.32 Å². The molecule has 0 saturated carbocycles. The molecule has 0 radical (unpaired) electrons. The van der Waals surface area contributed by atoms with Crippen LogP contribution in [0.25, 0.3) is 11.3 Å². The van der Waals surface area contributed by atoms with Gasteiger partial charge in [0.05, 0.1) is 11.7 Å². The van der Waals surface area contributed by atoms with Gasteiger partial charge in [0.25, 0.3) is 5.56 Å². The molecule has 1 aromatic heterocycles. The molecule has 0 aliphatic rings. The molecule has 1 heterocycles. The number of carbonyl (C=O) groups is 1. The van der Waals surface area contributed by atoms with Crippen LogP contribution in [0.1, 0.15) is 31.4 Å². The molecule has 5 nitrogen and oxygen atoms in total. The van der Waals surface area contributed by atoms with Gasteiger partial charge in [0.2, 0.25) is 5.91 Å². The molecule has 0 saturated heterocycles. The number of rotatable bonds is 7. The lowest BCUT2D eigenvalue weighted by atomic mass is 10.0. The first-order chi connectivity index (χ1) is 13.2. The molecule has 2 aromatic carbocycles. The second-order valence-corrected chi connectivity index (χ2v) is 6.40. The summed E-state index contributed by atoms with van der Waals surface area (Å²) in [6.45, 7) is 1.98. The number of nitrogens with zero attached hydrogens (tertiary/aromatic N) is 2. The normalized spacial score (nSPS) is 11.7. The van der Waals surface area contributed by atoms with E-state index in [4.69, 9.17) is 0 Å². The number of amides is 1. The zero-order valence-electron chi connectivity index (χ0n) is 15.3. The van der Waals surface area contributed by atoms with Gasteiger partial charge in [-0.15, -0.1) is 0 Å². The van der Waals surface area contributed by atoms with E-state index in [0.717, 1.165) is 24.0 Å². The third-order valence-corrected chi connectivity index (χ3v) is 4.34. The Morgan fingerprint density at radius 3 is 2.33 bits per heavy atom. The van der Waals surface area contributed by atoms with E-state index in [2.05, 4.69) is 17.3 Å². The number of hydrogen-bond acceptors (Lipinski definition) is 3. The monoisotopic (exact) mass is 361 g/mol. The topological polar surface area (TPSA) is 64.0 Å². The molecule has 138 valence electrons. The van der Waals surface area contributed by atoms with Gasteiger partial charge in [0.1, 0.15) is 6.54 Å². The Hall–Kier alpha value is -3.21. The van der Waals surface area contributed by atoms with Gasteiger partial charge in [0, 0.05) is 11.6 Å². The molecular weight excluding hydrogens is 338 g/mol. The minimum Gasteiger partial charge on any atom is -0.348 e. The van der Waals surface area contributed by atoms with E-state index in [1.165, 1.54) is 10.7 Å². The second kappa shape index (κ2) is 8.94. The fraction of sp³-hybridized carbons (Fsp3) is 0.227. The molecule has 0 aliphatic carbocycles. The lowest BCUT2D eigenvalue weighted by Gasteiger charge is -2.19. The van der Waals surface area contributed by atoms with Crippen LogP contribution in [0.15, 0.2) is 77.6 Å². The Balaban J connectivity index is 1.76. The van der Waals surface area contributed by atoms with E-state index in [1.807, 2.05) is 60.7 Å². The van der Waals surface area contributed by atoms with Crippen molar-refractivity contribution in [3.05, 3.63) is 88.7 Å². The maximum absolute atomic E-state index is 12.6. The standard InChI is InChI=1S/C22H23N3O2/c1-2-9-19(17-10-5-3-6-11-17)23-21(26)16-25-22(27)15-14-20(24-25)18-12-7-4-8-13-18/h3-8,10-15,19H,2,9,16H2,1H3,(H,23,26)/t19-/m0/s1. The Bertz CT molecular complexity index is 937. The number of aromatic nitrogens is 2. The van der Waals surface area contributed by atoms with Gasteiger partial charge in [-0.2, -0.15) is 5.10 Å². The lowest BCUT2D eigenvalue weighted by molar-refractivity contribution is -0.122. The van der Waals surface area contributed by atoms with Crippen LogP contribution in [0.2, 0.25) is 0 Å². The molecular formula is C22H23N3O2. The van der Waals surface area contributed by atoms with Crippen LogP contribution in [0.4, 0.5) is 0 Å². The fourth-order valence-corrected chi connectivity index (χ4v) is 3.00. The van der Waals surface area contributed by atoms with E-state index in [9.17, 15) is 9.59 Å². The average molecular weight is 361 g/mol. The van der Waals surface area contributed by atoms with Crippen LogP contribution >= 0.6 is 0 Å². The molecule has 1 N–H and O–H groups in total. The first-order valence-electron chi connectivity index (χ1n) is 9.15. The molecule has 0 unspecified atom stereocenters. The molecule has 0 aliphatic heterocycles. The summed E-state index contributed by atoms with van der Waals surface area (Å²) >= 11 is 0. The van der Waals surface area contributed by atoms with Crippen molar-refractivity contribution in [1.82, 2.24) is 15.1 Å². The highest BCUT2D eigenvalue weighted by atomic mass is 16.2. The largest absolute Gasteiger partial charge is 0.348 e. The third-order valence-electron chi connectivity index (χ3n) is 4.34. The first-order valence-corrected chi connectivity index (χ1v) is 9.15. The van der Waals surface area contributed by atoms with Crippen LogP contribution in [0.3, 0.4) is 0 Å². The Morgan fingerprint density at radius 2 is 1.67 bits per heavy atom. The molecule has 1 atom stereocenters. The fourth-order valence-electron chi connectivity index (χ4n) is 3.00. The highest BCUT2D eigenvalue weighted by molar-refractivity contribution is 5.76. The Kier molecular flexibility index (Phi) is 6.15. The van der Waals surface area contributed by atoms with Crippen molar-refractivity contribution < 1.29 is 4.79 Å². The van der Waals surface area contributed by atoms with Gasteiger partial charge in [-0.3, -0.25) is 9.59 Å².